The molecule has 0 amide bonds. The van der Waals surface area contributed by atoms with Crippen molar-refractivity contribution in [2.24, 2.45) is 4.99 Å². The van der Waals surface area contributed by atoms with E-state index in [1.165, 1.54) is 0 Å². The van der Waals surface area contributed by atoms with Crippen molar-refractivity contribution in [1.29, 1.82) is 0 Å². The van der Waals surface area contributed by atoms with Gasteiger partial charge in [0.2, 0.25) is 0 Å². The molecule has 0 spiro atoms. The Labute approximate surface area is 129 Å². The predicted octanol–water partition coefficient (Wildman–Crippen LogP) is 5.71. The summed E-state index contributed by atoms with van der Waals surface area (Å²) in [6.45, 7) is 2.04. The van der Waals surface area contributed by atoms with Gasteiger partial charge < -0.3 is 0 Å². The molecular weight excluding hydrogens is 427 g/mol. The first-order valence-corrected chi connectivity index (χ1v) is 10.9. The molecule has 1 aromatic rings. The van der Waals surface area contributed by atoms with Gasteiger partial charge in [0.25, 0.3) is 0 Å². The summed E-state index contributed by atoms with van der Waals surface area (Å²) >= 11 is 1.95. The van der Waals surface area contributed by atoms with E-state index in [2.05, 4.69) is 20.9 Å². The molecule has 5 heteroatoms. The first-order chi connectivity index (χ1) is 8.59. The van der Waals surface area contributed by atoms with Gasteiger partial charge in [-0.15, -0.1) is 0 Å². The molecular formula is C13H11BrCl2NPd. The fourth-order valence-electron chi connectivity index (χ4n) is 1.56. The van der Waals surface area contributed by atoms with Crippen molar-refractivity contribution in [2.75, 3.05) is 0 Å². The maximum absolute atomic E-state index is 6.14. The van der Waals surface area contributed by atoms with E-state index < -0.39 is 14.7 Å². The molecule has 1 aliphatic rings. The summed E-state index contributed by atoms with van der Waals surface area (Å²) in [6, 6.07) is 9.83. The van der Waals surface area contributed by atoms with Crippen molar-refractivity contribution >= 4 is 46.4 Å². The van der Waals surface area contributed by atoms with Crippen LogP contribution in [-0.2, 0) is 14.7 Å². The molecule has 0 radical (unpaired) electrons. The molecule has 1 unspecified atom stereocenters. The summed E-state index contributed by atoms with van der Waals surface area (Å²) in [5.74, 6) is 0. The molecule has 99 valence electrons. The molecule has 0 saturated carbocycles. The van der Waals surface area contributed by atoms with Crippen molar-refractivity contribution in [3.8, 4) is 0 Å². The zero-order valence-electron chi connectivity index (χ0n) is 9.52. The second kappa shape index (κ2) is 6.50. The Hall–Kier alpha value is 0.0923. The summed E-state index contributed by atoms with van der Waals surface area (Å²) in [7, 11) is 12.3. The van der Waals surface area contributed by atoms with Gasteiger partial charge in [-0.25, -0.2) is 0 Å². The van der Waals surface area contributed by atoms with Gasteiger partial charge in [0.15, 0.2) is 0 Å². The Morgan fingerprint density at radius 1 is 1.22 bits per heavy atom. The van der Waals surface area contributed by atoms with Crippen LogP contribution in [0.2, 0.25) is 4.39 Å². The minimum absolute atomic E-state index is 0.0256. The number of benzene rings is 1. The molecule has 0 N–H and O–H groups in total. The molecule has 0 aliphatic heterocycles. The van der Waals surface area contributed by atoms with E-state index in [0.29, 0.717) is 0 Å². The molecule has 0 saturated heterocycles. The molecule has 0 fully saturated rings. The molecule has 1 aromatic carbocycles. The number of hydrogen-bond donors (Lipinski definition) is 0. The van der Waals surface area contributed by atoms with Gasteiger partial charge in [-0.2, -0.15) is 0 Å². The molecule has 0 bridgehead atoms. The molecule has 1 atom stereocenters. The molecule has 1 nitrogen and oxygen atoms in total. The molecule has 2 rings (SSSR count). The topological polar surface area (TPSA) is 12.4 Å². The summed E-state index contributed by atoms with van der Waals surface area (Å²) in [6.07, 6.45) is 4.08. The quantitative estimate of drug-likeness (QED) is 0.525. The summed E-state index contributed by atoms with van der Waals surface area (Å²) < 4.78 is 1.02. The van der Waals surface area contributed by atoms with E-state index in [1.54, 1.807) is 0 Å². The molecule has 0 heterocycles. The van der Waals surface area contributed by atoms with Crippen molar-refractivity contribution in [3.63, 3.8) is 0 Å². The van der Waals surface area contributed by atoms with Crippen LogP contribution in [0.25, 0.3) is 0 Å². The van der Waals surface area contributed by atoms with Gasteiger partial charge >= 0.3 is 130 Å². The average Bonchev–Trinajstić information content (AvgIpc) is 2.36. The second-order valence-electron chi connectivity index (χ2n) is 3.74. The van der Waals surface area contributed by atoms with Crippen LogP contribution in [0.5, 0.6) is 0 Å². The van der Waals surface area contributed by atoms with Crippen LogP contribution in [0.3, 0.4) is 0 Å². The molecule has 0 aromatic heterocycles. The summed E-state index contributed by atoms with van der Waals surface area (Å²) in [4.78, 5) is 4.67. The van der Waals surface area contributed by atoms with Crippen LogP contribution >= 0.6 is 35.0 Å². The Bertz CT molecular complexity index is 523. The van der Waals surface area contributed by atoms with E-state index >= 15 is 0 Å². The van der Waals surface area contributed by atoms with Crippen molar-refractivity contribution in [2.45, 2.75) is 11.3 Å². The van der Waals surface area contributed by atoms with Crippen LogP contribution in [0.4, 0.5) is 5.69 Å². The number of hydrogen-bond acceptors (Lipinski definition) is 1. The van der Waals surface area contributed by atoms with Gasteiger partial charge in [-0.3, -0.25) is 0 Å². The van der Waals surface area contributed by atoms with Crippen LogP contribution < -0.4 is 0 Å². The Morgan fingerprint density at radius 3 is 2.50 bits per heavy atom. The molecule has 1 aliphatic carbocycles. The zero-order valence-corrected chi connectivity index (χ0v) is 14.2. The van der Waals surface area contributed by atoms with E-state index in [0.717, 1.165) is 21.5 Å². The van der Waals surface area contributed by atoms with E-state index in [9.17, 15) is 0 Å². The van der Waals surface area contributed by atoms with Gasteiger partial charge in [0.05, 0.1) is 0 Å². The first kappa shape index (κ1) is 14.5. The van der Waals surface area contributed by atoms with E-state index in [1.807, 2.05) is 49.4 Å². The normalized spacial score (nSPS) is 22.6. The number of para-hydroxylation sites is 1. The number of rotatable bonds is 2. The van der Waals surface area contributed by atoms with Gasteiger partial charge in [-0.05, 0) is 0 Å². The number of allylic oxidation sites excluding steroid dienone is 4. The van der Waals surface area contributed by atoms with Gasteiger partial charge in [0, 0.05) is 0 Å². The minimum atomic E-state index is -1.64. The third-order valence-electron chi connectivity index (χ3n) is 2.47. The standard InChI is InChI=1S/C13H11BrN.2ClH.Pd/c1-10-6-5-9-12(13(10)14)15-11-7-3-2-4-8-11;;;/h2-9H,1H3;2*1H;/q;;;+2/p-2. The Kier molecular flexibility index (Phi) is 5.24. The van der Waals surface area contributed by atoms with Crippen LogP contribution in [0.15, 0.2) is 57.5 Å². The van der Waals surface area contributed by atoms with Gasteiger partial charge in [0.1, 0.15) is 0 Å². The van der Waals surface area contributed by atoms with E-state index in [4.69, 9.17) is 19.1 Å². The maximum atomic E-state index is 6.14. The predicted molar refractivity (Wildman–Crippen MR) is 79.8 cm³/mol. The number of halogens is 3. The SMILES string of the molecule is CC1=C(Br)C(=Nc2ccccc2)[CH]([Pd]([Cl])[Cl])C=C1. The second-order valence-corrected chi connectivity index (χ2v) is 10.2. The summed E-state index contributed by atoms with van der Waals surface area (Å²) in [5, 5.41) is 0. The van der Waals surface area contributed by atoms with Crippen LogP contribution in [-0.4, -0.2) is 5.71 Å². The number of nitrogens with zero attached hydrogens (tertiary/aromatic N) is 1. The monoisotopic (exact) mass is 436 g/mol. The zero-order chi connectivity index (χ0) is 13.1. The summed E-state index contributed by atoms with van der Waals surface area (Å²) in [5.41, 5.74) is 2.98. The third-order valence-corrected chi connectivity index (χ3v) is 6.72. The Morgan fingerprint density at radius 2 is 1.89 bits per heavy atom. The van der Waals surface area contributed by atoms with Crippen LogP contribution in [0, 0.1) is 0 Å². The fourth-order valence-corrected chi connectivity index (χ4v) is 4.66. The van der Waals surface area contributed by atoms with Crippen molar-refractivity contribution < 1.29 is 14.7 Å². The van der Waals surface area contributed by atoms with E-state index in [-0.39, 0.29) is 4.39 Å². The number of aliphatic imine (C=N–C) groups is 1. The Balaban J connectivity index is 2.44. The fraction of sp³-hybridized carbons (Fsp3) is 0.154. The first-order valence-electron chi connectivity index (χ1n) is 5.21. The van der Waals surface area contributed by atoms with Crippen molar-refractivity contribution in [3.05, 3.63) is 52.5 Å². The average molecular weight is 438 g/mol. The van der Waals surface area contributed by atoms with Crippen molar-refractivity contribution in [1.82, 2.24) is 0 Å². The third kappa shape index (κ3) is 3.35. The van der Waals surface area contributed by atoms with Crippen LogP contribution in [0.1, 0.15) is 6.92 Å². The molecule has 18 heavy (non-hydrogen) atoms. The van der Waals surface area contributed by atoms with Gasteiger partial charge in [-0.1, -0.05) is 0 Å².